The Morgan fingerprint density at radius 2 is 1.77 bits per heavy atom. The number of carbonyl (C=O) groups excluding carboxylic acids is 1. The molecule has 0 spiro atoms. The minimum absolute atomic E-state index is 0.106. The van der Waals surface area contributed by atoms with Crippen molar-refractivity contribution in [3.63, 3.8) is 0 Å². The molecular formula is C17H14ClN6O2-. The van der Waals surface area contributed by atoms with Gasteiger partial charge in [0.2, 0.25) is 11.7 Å². The molecule has 0 atom stereocenters. The predicted octanol–water partition coefficient (Wildman–Crippen LogP) is 1.24. The molecule has 9 heteroatoms. The maximum absolute atomic E-state index is 12.5. The van der Waals surface area contributed by atoms with Crippen LogP contribution in [0.1, 0.15) is 0 Å². The summed E-state index contributed by atoms with van der Waals surface area (Å²) < 4.78 is 0. The molecule has 1 aliphatic rings. The number of rotatable bonds is 4. The lowest BCUT2D eigenvalue weighted by molar-refractivity contribution is -0.270. The van der Waals surface area contributed by atoms with E-state index in [1.807, 2.05) is 0 Å². The number of hydrogen-bond acceptors (Lipinski definition) is 7. The van der Waals surface area contributed by atoms with Crippen molar-refractivity contribution in [1.29, 1.82) is 0 Å². The number of amides is 1. The van der Waals surface area contributed by atoms with Gasteiger partial charge in [0.05, 0.1) is 17.3 Å². The summed E-state index contributed by atoms with van der Waals surface area (Å²) in [4.78, 5) is 13.4. The second kappa shape index (κ2) is 7.75. The number of hydrogen-bond donors (Lipinski definition) is 1. The summed E-state index contributed by atoms with van der Waals surface area (Å²) in [7, 11) is 1.55. The van der Waals surface area contributed by atoms with Crippen molar-refractivity contribution in [3.8, 4) is 0 Å². The lowest BCUT2D eigenvalue weighted by Gasteiger charge is -2.26. The van der Waals surface area contributed by atoms with Gasteiger partial charge in [0.1, 0.15) is 0 Å². The SMILES string of the molecule is CN(CC(=O)Nc1ccccc1Cl)C([O-])=c1ccc(=C2N=NN=N2)cc1. The summed E-state index contributed by atoms with van der Waals surface area (Å²) in [5.41, 5.74) is 0.501. The van der Waals surface area contributed by atoms with Crippen LogP contribution in [0.15, 0.2) is 69.2 Å². The fourth-order valence-corrected chi connectivity index (χ4v) is 2.46. The Bertz CT molecular complexity index is 981. The van der Waals surface area contributed by atoms with Crippen molar-refractivity contribution in [3.05, 3.63) is 64.0 Å². The third kappa shape index (κ3) is 4.04. The molecule has 0 saturated heterocycles. The van der Waals surface area contributed by atoms with Crippen molar-refractivity contribution in [2.75, 3.05) is 18.9 Å². The van der Waals surface area contributed by atoms with E-state index in [9.17, 15) is 9.90 Å². The second-order valence-electron chi connectivity index (χ2n) is 5.47. The van der Waals surface area contributed by atoms with Crippen LogP contribution in [0.5, 0.6) is 0 Å². The number of halogens is 1. The summed E-state index contributed by atoms with van der Waals surface area (Å²) >= 11 is 6.01. The van der Waals surface area contributed by atoms with E-state index >= 15 is 0 Å². The third-order valence-corrected chi connectivity index (χ3v) is 3.91. The Balaban J connectivity index is 1.73. The van der Waals surface area contributed by atoms with Gasteiger partial charge in [-0.1, -0.05) is 48.0 Å². The van der Waals surface area contributed by atoms with E-state index in [0.717, 1.165) is 0 Å². The fraction of sp³-hybridized carbons (Fsp3) is 0.118. The first kappa shape index (κ1) is 17.6. The van der Waals surface area contributed by atoms with E-state index < -0.39 is 0 Å². The number of carbonyl (C=O) groups is 1. The van der Waals surface area contributed by atoms with Crippen LogP contribution >= 0.6 is 11.6 Å². The normalized spacial score (nSPS) is 12.3. The third-order valence-electron chi connectivity index (χ3n) is 3.58. The van der Waals surface area contributed by atoms with Crippen LogP contribution in [0.25, 0.3) is 11.7 Å². The average Bonchev–Trinajstić information content (AvgIpc) is 3.18. The van der Waals surface area contributed by atoms with Gasteiger partial charge in [-0.3, -0.25) is 4.79 Å². The van der Waals surface area contributed by atoms with Crippen LogP contribution in [0.3, 0.4) is 0 Å². The monoisotopic (exact) mass is 369 g/mol. The molecule has 0 bridgehead atoms. The van der Waals surface area contributed by atoms with E-state index in [1.165, 1.54) is 4.90 Å². The van der Waals surface area contributed by atoms with E-state index in [0.29, 0.717) is 27.0 Å². The second-order valence-corrected chi connectivity index (χ2v) is 5.88. The van der Waals surface area contributed by atoms with Crippen molar-refractivity contribution < 1.29 is 9.90 Å². The number of nitrogens with zero attached hydrogens (tertiary/aromatic N) is 5. The standard InChI is InChI=1S/C17H15ClN6O2/c1-24(10-15(25)19-14-5-3-2-4-13(14)18)17(26)12-8-6-11(7-9-12)16-20-22-23-21-16/h2-9,26H,10H2,1H3,(H,19,25)/p-1. The summed E-state index contributed by atoms with van der Waals surface area (Å²) in [6.45, 7) is -0.106. The Labute approximate surface area is 153 Å². The average molecular weight is 370 g/mol. The van der Waals surface area contributed by atoms with E-state index in [4.69, 9.17) is 11.6 Å². The van der Waals surface area contributed by atoms with Crippen molar-refractivity contribution in [2.45, 2.75) is 0 Å². The minimum Gasteiger partial charge on any atom is -0.860 e. The van der Waals surface area contributed by atoms with Gasteiger partial charge < -0.3 is 15.3 Å². The first-order valence-corrected chi connectivity index (χ1v) is 8.01. The van der Waals surface area contributed by atoms with Crippen molar-refractivity contribution >= 4 is 34.9 Å². The van der Waals surface area contributed by atoms with Gasteiger partial charge >= 0.3 is 0 Å². The molecule has 2 aromatic rings. The Hall–Kier alpha value is -3.26. The van der Waals surface area contributed by atoms with Crippen LogP contribution in [0.4, 0.5) is 5.69 Å². The molecule has 132 valence electrons. The molecule has 1 amide bonds. The predicted molar refractivity (Wildman–Crippen MR) is 94.9 cm³/mol. The molecule has 1 aliphatic heterocycles. The lowest BCUT2D eigenvalue weighted by atomic mass is 10.2. The van der Waals surface area contributed by atoms with Gasteiger partial charge in [-0.25, -0.2) is 0 Å². The molecule has 0 saturated carbocycles. The van der Waals surface area contributed by atoms with E-state index in [2.05, 4.69) is 26.0 Å². The van der Waals surface area contributed by atoms with Crippen molar-refractivity contribution in [1.82, 2.24) is 4.90 Å². The maximum Gasteiger partial charge on any atom is 0.243 e. The summed E-state index contributed by atoms with van der Waals surface area (Å²) in [5, 5.41) is 31.1. The zero-order valence-corrected chi connectivity index (χ0v) is 14.5. The van der Waals surface area contributed by atoms with E-state index in [-0.39, 0.29) is 18.3 Å². The number of nitrogens with one attached hydrogen (secondary N) is 1. The van der Waals surface area contributed by atoms with Gasteiger partial charge in [0.15, 0.2) is 0 Å². The zero-order chi connectivity index (χ0) is 18.5. The van der Waals surface area contributed by atoms with Gasteiger partial charge in [-0.05, 0) is 33.7 Å². The first-order chi connectivity index (χ1) is 12.5. The largest absolute Gasteiger partial charge is 0.860 e. The highest BCUT2D eigenvalue weighted by molar-refractivity contribution is 6.33. The van der Waals surface area contributed by atoms with Gasteiger partial charge in [0, 0.05) is 12.3 Å². The van der Waals surface area contributed by atoms with Crippen LogP contribution in [-0.2, 0) is 4.79 Å². The molecule has 8 nitrogen and oxygen atoms in total. The smallest absolute Gasteiger partial charge is 0.243 e. The Kier molecular flexibility index (Phi) is 5.23. The van der Waals surface area contributed by atoms with Gasteiger partial charge in [-0.2, -0.15) is 0 Å². The van der Waals surface area contributed by atoms with E-state index in [1.54, 1.807) is 55.6 Å². The molecule has 0 radical (unpaired) electrons. The topological polar surface area (TPSA) is 105 Å². The highest BCUT2D eigenvalue weighted by atomic mass is 35.5. The molecule has 2 aromatic carbocycles. The molecule has 0 aliphatic carbocycles. The Morgan fingerprint density at radius 3 is 2.42 bits per heavy atom. The molecule has 26 heavy (non-hydrogen) atoms. The lowest BCUT2D eigenvalue weighted by Crippen LogP contribution is -2.37. The fourth-order valence-electron chi connectivity index (χ4n) is 2.28. The molecule has 0 fully saturated rings. The van der Waals surface area contributed by atoms with Crippen LogP contribution in [-0.4, -0.2) is 24.4 Å². The molecule has 0 aromatic heterocycles. The van der Waals surface area contributed by atoms with Crippen LogP contribution in [0, 0.1) is 0 Å². The number of anilines is 1. The zero-order valence-electron chi connectivity index (χ0n) is 13.8. The van der Waals surface area contributed by atoms with Crippen molar-refractivity contribution in [2.24, 2.45) is 20.7 Å². The van der Waals surface area contributed by atoms with Gasteiger partial charge in [0.25, 0.3) is 0 Å². The summed E-state index contributed by atoms with van der Waals surface area (Å²) in [6.07, 6.45) is 0. The quantitative estimate of drug-likeness (QED) is 0.876. The molecule has 3 rings (SSSR count). The highest BCUT2D eigenvalue weighted by Crippen LogP contribution is 2.20. The molecule has 1 heterocycles. The first-order valence-electron chi connectivity index (χ1n) is 7.63. The summed E-state index contributed by atoms with van der Waals surface area (Å²) in [6, 6.07) is 13.6. The summed E-state index contributed by atoms with van der Waals surface area (Å²) in [5.74, 6) is -0.241. The molecule has 0 unspecified atom stereocenters. The number of para-hydroxylation sites is 1. The Morgan fingerprint density at radius 1 is 1.12 bits per heavy atom. The van der Waals surface area contributed by atoms with Crippen LogP contribution < -0.4 is 20.9 Å². The number of likely N-dealkylation sites (N-methyl/N-ethyl adjacent to an activating group) is 1. The number of benzene rings is 2. The molecular weight excluding hydrogens is 356 g/mol. The van der Waals surface area contributed by atoms with Gasteiger partial charge in [-0.15, -0.1) is 10.2 Å². The molecule has 1 N–H and O–H groups in total. The maximum atomic E-state index is 12.5. The van der Waals surface area contributed by atoms with Crippen LogP contribution in [0.2, 0.25) is 5.02 Å². The minimum atomic E-state index is -0.340. The highest BCUT2D eigenvalue weighted by Gasteiger charge is 2.08.